The van der Waals surface area contributed by atoms with E-state index < -0.39 is 18.2 Å². The average molecular weight is 316 g/mol. The minimum Gasteiger partial charge on any atom is -0.464 e. The molecule has 0 bridgehead atoms. The molecule has 1 aromatic carbocycles. The van der Waals surface area contributed by atoms with Crippen molar-refractivity contribution in [2.75, 3.05) is 0 Å². The predicted molar refractivity (Wildman–Crippen MR) is 81.8 cm³/mol. The SMILES string of the molecule is CC(=O)OC(C)OC(=O)c1ccc(-c2ccco2)c(C(=N)N)c1. The van der Waals surface area contributed by atoms with E-state index >= 15 is 0 Å². The van der Waals surface area contributed by atoms with Crippen LogP contribution < -0.4 is 5.73 Å². The lowest BCUT2D eigenvalue weighted by Crippen LogP contribution is -2.21. The van der Waals surface area contributed by atoms with E-state index in [2.05, 4.69) is 0 Å². The third-order valence-corrected chi connectivity index (χ3v) is 2.94. The van der Waals surface area contributed by atoms with Crippen LogP contribution in [0.15, 0.2) is 41.0 Å². The highest BCUT2D eigenvalue weighted by molar-refractivity contribution is 6.03. The molecular weight excluding hydrogens is 300 g/mol. The number of nitrogen functional groups attached to an aromatic ring is 1. The van der Waals surface area contributed by atoms with Crippen LogP contribution in [-0.4, -0.2) is 24.1 Å². The van der Waals surface area contributed by atoms with Crippen LogP contribution in [0, 0.1) is 5.41 Å². The van der Waals surface area contributed by atoms with Crippen LogP contribution >= 0.6 is 0 Å². The van der Waals surface area contributed by atoms with Gasteiger partial charge in [0.1, 0.15) is 11.6 Å². The Kier molecular flexibility index (Phi) is 4.80. The van der Waals surface area contributed by atoms with Crippen molar-refractivity contribution in [3.05, 3.63) is 47.7 Å². The smallest absolute Gasteiger partial charge is 0.341 e. The molecule has 1 aromatic heterocycles. The highest BCUT2D eigenvalue weighted by atomic mass is 16.7. The van der Waals surface area contributed by atoms with Crippen molar-refractivity contribution in [3.8, 4) is 11.3 Å². The van der Waals surface area contributed by atoms with Gasteiger partial charge in [-0.15, -0.1) is 0 Å². The summed E-state index contributed by atoms with van der Waals surface area (Å²) in [6.07, 6.45) is 0.493. The standard InChI is InChI=1S/C16H16N2O5/c1-9(19)22-10(2)23-16(20)11-5-6-12(13(8-11)15(17)18)14-4-3-7-21-14/h3-8,10H,1-2H3,(H3,17,18). The van der Waals surface area contributed by atoms with Crippen LogP contribution in [0.4, 0.5) is 0 Å². The highest BCUT2D eigenvalue weighted by Gasteiger charge is 2.18. The van der Waals surface area contributed by atoms with Crippen molar-refractivity contribution >= 4 is 17.8 Å². The van der Waals surface area contributed by atoms with Gasteiger partial charge in [0.05, 0.1) is 11.8 Å². The van der Waals surface area contributed by atoms with Crippen molar-refractivity contribution in [1.82, 2.24) is 0 Å². The average Bonchev–Trinajstić information content (AvgIpc) is 2.99. The fraction of sp³-hybridized carbons (Fsp3) is 0.188. The van der Waals surface area contributed by atoms with Crippen molar-refractivity contribution in [1.29, 1.82) is 5.41 Å². The van der Waals surface area contributed by atoms with Gasteiger partial charge in [-0.1, -0.05) is 0 Å². The van der Waals surface area contributed by atoms with Gasteiger partial charge in [-0.2, -0.15) is 0 Å². The molecule has 2 rings (SSSR count). The van der Waals surface area contributed by atoms with Gasteiger partial charge in [-0.05, 0) is 30.3 Å². The number of carbonyl (C=O) groups is 2. The van der Waals surface area contributed by atoms with Gasteiger partial charge in [0.15, 0.2) is 0 Å². The molecule has 7 nitrogen and oxygen atoms in total. The lowest BCUT2D eigenvalue weighted by Gasteiger charge is -2.14. The maximum absolute atomic E-state index is 12.1. The minimum atomic E-state index is -1.01. The zero-order valence-electron chi connectivity index (χ0n) is 12.7. The molecule has 0 fully saturated rings. The number of furan rings is 1. The number of nitrogens with one attached hydrogen (secondary N) is 1. The monoisotopic (exact) mass is 316 g/mol. The Labute approximate surface area is 132 Å². The molecule has 7 heteroatoms. The van der Waals surface area contributed by atoms with Gasteiger partial charge in [0, 0.05) is 25.0 Å². The van der Waals surface area contributed by atoms with Crippen LogP contribution in [0.5, 0.6) is 0 Å². The van der Waals surface area contributed by atoms with Crippen LogP contribution in [0.25, 0.3) is 11.3 Å². The van der Waals surface area contributed by atoms with Gasteiger partial charge in [-0.3, -0.25) is 10.2 Å². The Morgan fingerprint density at radius 2 is 2.00 bits per heavy atom. The molecule has 1 atom stereocenters. The lowest BCUT2D eigenvalue weighted by atomic mass is 10.0. The third kappa shape index (κ3) is 3.97. The summed E-state index contributed by atoms with van der Waals surface area (Å²) in [4.78, 5) is 22.9. The van der Waals surface area contributed by atoms with Gasteiger partial charge >= 0.3 is 11.9 Å². The van der Waals surface area contributed by atoms with Gasteiger partial charge in [0.2, 0.25) is 6.29 Å². The Morgan fingerprint density at radius 1 is 1.26 bits per heavy atom. The molecule has 120 valence electrons. The first-order valence-corrected chi connectivity index (χ1v) is 6.79. The van der Waals surface area contributed by atoms with Crippen molar-refractivity contribution in [3.63, 3.8) is 0 Å². The number of hydrogen-bond acceptors (Lipinski definition) is 6. The molecule has 3 N–H and O–H groups in total. The topological polar surface area (TPSA) is 116 Å². The van der Waals surface area contributed by atoms with Crippen molar-refractivity contribution in [2.45, 2.75) is 20.1 Å². The molecule has 0 radical (unpaired) electrons. The normalized spacial score (nSPS) is 11.6. The maximum atomic E-state index is 12.1. The quantitative estimate of drug-likeness (QED) is 0.378. The van der Waals surface area contributed by atoms with E-state index in [0.29, 0.717) is 16.9 Å². The highest BCUT2D eigenvalue weighted by Crippen LogP contribution is 2.25. The van der Waals surface area contributed by atoms with Gasteiger partial charge in [0.25, 0.3) is 0 Å². The second-order valence-corrected chi connectivity index (χ2v) is 4.73. The molecule has 1 unspecified atom stereocenters. The summed E-state index contributed by atoms with van der Waals surface area (Å²) in [6, 6.07) is 8.00. The summed E-state index contributed by atoms with van der Waals surface area (Å²) < 4.78 is 15.0. The summed E-state index contributed by atoms with van der Waals surface area (Å²) in [7, 11) is 0. The largest absolute Gasteiger partial charge is 0.464 e. The van der Waals surface area contributed by atoms with E-state index in [-0.39, 0.29) is 11.4 Å². The Hall–Kier alpha value is -3.09. The predicted octanol–water partition coefficient (Wildman–Crippen LogP) is 2.30. The van der Waals surface area contributed by atoms with E-state index in [9.17, 15) is 9.59 Å². The van der Waals surface area contributed by atoms with Crippen LogP contribution in [0.3, 0.4) is 0 Å². The fourth-order valence-corrected chi connectivity index (χ4v) is 2.02. The molecule has 0 aliphatic carbocycles. The number of nitrogens with two attached hydrogens (primary N) is 1. The number of esters is 2. The zero-order valence-corrected chi connectivity index (χ0v) is 12.7. The Bertz CT molecular complexity index is 737. The fourth-order valence-electron chi connectivity index (χ4n) is 2.02. The van der Waals surface area contributed by atoms with Crippen molar-refractivity contribution in [2.24, 2.45) is 5.73 Å². The number of benzene rings is 1. The van der Waals surface area contributed by atoms with Crippen molar-refractivity contribution < 1.29 is 23.5 Å². The van der Waals surface area contributed by atoms with E-state index in [4.69, 9.17) is 25.0 Å². The molecule has 0 aliphatic heterocycles. The summed E-state index contributed by atoms with van der Waals surface area (Å²) in [5, 5.41) is 7.66. The second kappa shape index (κ2) is 6.78. The van der Waals surface area contributed by atoms with Crippen LogP contribution in [-0.2, 0) is 14.3 Å². The van der Waals surface area contributed by atoms with E-state index in [0.717, 1.165) is 0 Å². The molecule has 2 aromatic rings. The molecule has 1 heterocycles. The Morgan fingerprint density at radius 3 is 2.57 bits per heavy atom. The summed E-state index contributed by atoms with van der Waals surface area (Å²) in [5.41, 5.74) is 6.69. The third-order valence-electron chi connectivity index (χ3n) is 2.94. The van der Waals surface area contributed by atoms with Crippen LogP contribution in [0.2, 0.25) is 0 Å². The molecule has 0 saturated carbocycles. The summed E-state index contributed by atoms with van der Waals surface area (Å²) in [5.74, 6) is -0.919. The van der Waals surface area contributed by atoms with E-state index in [1.54, 1.807) is 18.2 Å². The number of ether oxygens (including phenoxy) is 2. The van der Waals surface area contributed by atoms with E-state index in [1.807, 2.05) is 0 Å². The molecular formula is C16H16N2O5. The van der Waals surface area contributed by atoms with Gasteiger partial charge < -0.3 is 19.6 Å². The number of rotatable bonds is 5. The summed E-state index contributed by atoms with van der Waals surface area (Å²) >= 11 is 0. The molecule has 0 aliphatic rings. The maximum Gasteiger partial charge on any atom is 0.341 e. The zero-order chi connectivity index (χ0) is 17.0. The van der Waals surface area contributed by atoms with Gasteiger partial charge in [-0.25, -0.2) is 4.79 Å². The first kappa shape index (κ1) is 16.3. The Balaban J connectivity index is 2.27. The minimum absolute atomic E-state index is 0.185. The number of amidine groups is 1. The lowest BCUT2D eigenvalue weighted by molar-refractivity contribution is -0.162. The molecule has 23 heavy (non-hydrogen) atoms. The molecule has 0 saturated heterocycles. The number of carbonyl (C=O) groups excluding carboxylic acids is 2. The molecule has 0 amide bonds. The first-order valence-electron chi connectivity index (χ1n) is 6.79. The van der Waals surface area contributed by atoms with Crippen LogP contribution in [0.1, 0.15) is 29.8 Å². The second-order valence-electron chi connectivity index (χ2n) is 4.73. The van der Waals surface area contributed by atoms with E-state index in [1.165, 1.54) is 32.2 Å². The number of hydrogen-bond donors (Lipinski definition) is 2. The first-order chi connectivity index (χ1) is 10.9. The summed E-state index contributed by atoms with van der Waals surface area (Å²) in [6.45, 7) is 2.65. The molecule has 0 spiro atoms.